The topological polar surface area (TPSA) is 54.9 Å². The van der Waals surface area contributed by atoms with Crippen LogP contribution in [0.4, 0.5) is 5.69 Å². The maximum absolute atomic E-state index is 5.35. The Hall–Kier alpha value is -2.21. The first-order valence-corrected chi connectivity index (χ1v) is 9.34. The first kappa shape index (κ1) is 19.1. The lowest BCUT2D eigenvalue weighted by Crippen LogP contribution is -2.31. The molecule has 1 atom stereocenters. The molecule has 0 bridgehead atoms. The Morgan fingerprint density at radius 3 is 2.64 bits per heavy atom. The van der Waals surface area contributed by atoms with E-state index in [9.17, 15) is 0 Å². The zero-order valence-electron chi connectivity index (χ0n) is 15.3. The summed E-state index contributed by atoms with van der Waals surface area (Å²) in [5.41, 5.74) is 0.906. The van der Waals surface area contributed by atoms with Crippen LogP contribution in [0, 0.1) is 5.92 Å². The molecule has 0 saturated carbocycles. The van der Waals surface area contributed by atoms with Gasteiger partial charge >= 0.3 is 0 Å². The molecule has 2 rings (SSSR count). The standard InChI is InChI=1S/C19H27N3O2S/c1-5-20-19(21-13-14(2)11-16-7-6-10-25-16)22-15-8-9-17(23-3)18(12-15)24-4/h6-10,12,14H,5,11,13H2,1-4H3,(H2,20,21,22). The molecule has 1 aromatic heterocycles. The molecule has 0 aliphatic heterocycles. The first-order valence-electron chi connectivity index (χ1n) is 8.46. The van der Waals surface area contributed by atoms with E-state index < -0.39 is 0 Å². The molecule has 2 N–H and O–H groups in total. The molecule has 0 spiro atoms. The van der Waals surface area contributed by atoms with Gasteiger partial charge in [0.2, 0.25) is 0 Å². The number of guanidine groups is 1. The second-order valence-electron chi connectivity index (χ2n) is 5.80. The van der Waals surface area contributed by atoms with E-state index in [0.717, 1.165) is 31.2 Å². The number of nitrogens with zero attached hydrogens (tertiary/aromatic N) is 1. The lowest BCUT2D eigenvalue weighted by molar-refractivity contribution is 0.355. The van der Waals surface area contributed by atoms with Crippen LogP contribution in [0.2, 0.25) is 0 Å². The van der Waals surface area contributed by atoms with Crippen molar-refractivity contribution in [2.75, 3.05) is 32.6 Å². The van der Waals surface area contributed by atoms with E-state index in [1.807, 2.05) is 18.2 Å². The van der Waals surface area contributed by atoms with Crippen LogP contribution in [-0.2, 0) is 6.42 Å². The number of hydrogen-bond acceptors (Lipinski definition) is 4. The van der Waals surface area contributed by atoms with E-state index >= 15 is 0 Å². The van der Waals surface area contributed by atoms with Gasteiger partial charge in [-0.15, -0.1) is 11.3 Å². The van der Waals surface area contributed by atoms with Crippen molar-refractivity contribution in [2.24, 2.45) is 10.9 Å². The second kappa shape index (κ2) is 9.93. The molecule has 0 radical (unpaired) electrons. The minimum atomic E-state index is 0.486. The first-order chi connectivity index (χ1) is 12.2. The molecule has 0 aliphatic rings. The summed E-state index contributed by atoms with van der Waals surface area (Å²) in [5.74, 6) is 2.65. The maximum Gasteiger partial charge on any atom is 0.195 e. The number of benzene rings is 1. The van der Waals surface area contributed by atoms with Crippen molar-refractivity contribution in [1.82, 2.24) is 5.32 Å². The van der Waals surface area contributed by atoms with E-state index in [4.69, 9.17) is 14.5 Å². The summed E-state index contributed by atoms with van der Waals surface area (Å²) in [6, 6.07) is 10.0. The molecular weight excluding hydrogens is 334 g/mol. The van der Waals surface area contributed by atoms with Crippen LogP contribution in [0.1, 0.15) is 18.7 Å². The van der Waals surface area contributed by atoms with Gasteiger partial charge in [0.25, 0.3) is 0 Å². The Labute approximate surface area is 154 Å². The molecule has 25 heavy (non-hydrogen) atoms. The van der Waals surface area contributed by atoms with Gasteiger partial charge in [-0.25, -0.2) is 0 Å². The second-order valence-corrected chi connectivity index (χ2v) is 6.84. The summed E-state index contributed by atoms with van der Waals surface area (Å²) >= 11 is 1.80. The van der Waals surface area contributed by atoms with Crippen molar-refractivity contribution in [1.29, 1.82) is 0 Å². The Kier molecular flexibility index (Phi) is 7.60. The van der Waals surface area contributed by atoms with Gasteiger partial charge in [-0.3, -0.25) is 4.99 Å². The third kappa shape index (κ3) is 5.98. The third-order valence-electron chi connectivity index (χ3n) is 3.68. The highest BCUT2D eigenvalue weighted by Gasteiger charge is 2.08. The Bertz CT molecular complexity index is 671. The molecule has 5 nitrogen and oxygen atoms in total. The van der Waals surface area contributed by atoms with E-state index in [-0.39, 0.29) is 0 Å². The molecule has 6 heteroatoms. The Morgan fingerprint density at radius 1 is 1.20 bits per heavy atom. The van der Waals surface area contributed by atoms with E-state index in [1.54, 1.807) is 25.6 Å². The van der Waals surface area contributed by atoms with Crippen LogP contribution < -0.4 is 20.1 Å². The van der Waals surface area contributed by atoms with E-state index in [0.29, 0.717) is 17.4 Å². The summed E-state index contributed by atoms with van der Waals surface area (Å²) in [7, 11) is 3.26. The highest BCUT2D eigenvalue weighted by Crippen LogP contribution is 2.29. The van der Waals surface area contributed by atoms with Gasteiger partial charge in [-0.05, 0) is 42.8 Å². The molecule has 0 aliphatic carbocycles. The average Bonchev–Trinajstić information content (AvgIpc) is 3.12. The van der Waals surface area contributed by atoms with Crippen molar-refractivity contribution in [3.63, 3.8) is 0 Å². The minimum absolute atomic E-state index is 0.486. The van der Waals surface area contributed by atoms with Gasteiger partial charge in [0.05, 0.1) is 14.2 Å². The molecule has 1 unspecified atom stereocenters. The summed E-state index contributed by atoms with van der Waals surface area (Å²) in [6.45, 7) is 5.85. The molecule has 0 amide bonds. The largest absolute Gasteiger partial charge is 0.493 e. The monoisotopic (exact) mass is 361 g/mol. The van der Waals surface area contributed by atoms with Crippen molar-refractivity contribution in [3.05, 3.63) is 40.6 Å². The number of thiophene rings is 1. The van der Waals surface area contributed by atoms with Gasteiger partial charge in [0.15, 0.2) is 17.5 Å². The van der Waals surface area contributed by atoms with Gasteiger partial charge in [0, 0.05) is 29.7 Å². The average molecular weight is 362 g/mol. The van der Waals surface area contributed by atoms with Gasteiger partial charge in [0.1, 0.15) is 0 Å². The number of rotatable bonds is 8. The van der Waals surface area contributed by atoms with Crippen molar-refractivity contribution in [2.45, 2.75) is 20.3 Å². The van der Waals surface area contributed by atoms with Gasteiger partial charge in [-0.1, -0.05) is 13.0 Å². The summed E-state index contributed by atoms with van der Waals surface area (Å²) in [6.07, 6.45) is 1.05. The fourth-order valence-corrected chi connectivity index (χ4v) is 3.31. The number of methoxy groups -OCH3 is 2. The van der Waals surface area contributed by atoms with Crippen molar-refractivity contribution < 1.29 is 9.47 Å². The number of aliphatic imine (C=N–C) groups is 1. The van der Waals surface area contributed by atoms with Gasteiger partial charge in [-0.2, -0.15) is 0 Å². The molecule has 0 saturated heterocycles. The Balaban J connectivity index is 2.01. The molecule has 2 aromatic rings. The normalized spacial score (nSPS) is 12.6. The lowest BCUT2D eigenvalue weighted by Gasteiger charge is -2.15. The maximum atomic E-state index is 5.35. The number of ether oxygens (including phenoxy) is 2. The van der Waals surface area contributed by atoms with Crippen LogP contribution in [0.3, 0.4) is 0 Å². The van der Waals surface area contributed by atoms with Crippen molar-refractivity contribution >= 4 is 23.0 Å². The lowest BCUT2D eigenvalue weighted by atomic mass is 10.1. The Morgan fingerprint density at radius 2 is 2.00 bits per heavy atom. The predicted octanol–water partition coefficient (Wildman–Crippen LogP) is 4.02. The third-order valence-corrected chi connectivity index (χ3v) is 4.58. The number of nitrogens with one attached hydrogen (secondary N) is 2. The number of anilines is 1. The highest BCUT2D eigenvalue weighted by molar-refractivity contribution is 7.09. The van der Waals surface area contributed by atoms with E-state index in [2.05, 4.69) is 42.0 Å². The van der Waals surface area contributed by atoms with E-state index in [1.165, 1.54) is 4.88 Å². The summed E-state index contributed by atoms with van der Waals surface area (Å²) in [4.78, 5) is 6.12. The molecule has 1 aromatic carbocycles. The molecular formula is C19H27N3O2S. The highest BCUT2D eigenvalue weighted by atomic mass is 32.1. The molecule has 1 heterocycles. The van der Waals surface area contributed by atoms with Crippen LogP contribution in [0.5, 0.6) is 11.5 Å². The summed E-state index contributed by atoms with van der Waals surface area (Å²) < 4.78 is 10.6. The zero-order valence-corrected chi connectivity index (χ0v) is 16.2. The van der Waals surface area contributed by atoms with Crippen LogP contribution in [0.15, 0.2) is 40.7 Å². The quantitative estimate of drug-likeness (QED) is 0.551. The van der Waals surface area contributed by atoms with Gasteiger partial charge < -0.3 is 20.1 Å². The van der Waals surface area contributed by atoms with Crippen LogP contribution in [-0.4, -0.2) is 33.3 Å². The predicted molar refractivity (Wildman–Crippen MR) is 106 cm³/mol. The van der Waals surface area contributed by atoms with Crippen molar-refractivity contribution in [3.8, 4) is 11.5 Å². The fourth-order valence-electron chi connectivity index (χ4n) is 2.44. The summed E-state index contributed by atoms with van der Waals surface area (Å²) in [5, 5.41) is 8.73. The SMILES string of the molecule is CCNC(=NCC(C)Cc1cccs1)Nc1ccc(OC)c(OC)c1. The smallest absolute Gasteiger partial charge is 0.195 e. The number of hydrogen-bond donors (Lipinski definition) is 2. The molecule has 136 valence electrons. The zero-order chi connectivity index (χ0) is 18.1. The molecule has 0 fully saturated rings. The fraction of sp³-hybridized carbons (Fsp3) is 0.421. The van der Waals surface area contributed by atoms with Crippen LogP contribution >= 0.6 is 11.3 Å². The van der Waals surface area contributed by atoms with Crippen LogP contribution in [0.25, 0.3) is 0 Å². The minimum Gasteiger partial charge on any atom is -0.493 e.